The molecule has 1 atom stereocenters. The van der Waals surface area contributed by atoms with Gasteiger partial charge < -0.3 is 9.42 Å². The number of alkyl halides is 3. The number of hydrogen-bond acceptors (Lipinski definition) is 4. The Bertz CT molecular complexity index is 710. The molecule has 0 N–H and O–H groups in total. The summed E-state index contributed by atoms with van der Waals surface area (Å²) in [5.74, 6) is -1.65. The molecule has 3 rings (SSSR count). The van der Waals surface area contributed by atoms with Gasteiger partial charge in [0, 0.05) is 19.2 Å². The first kappa shape index (κ1) is 15.5. The van der Waals surface area contributed by atoms with Crippen molar-refractivity contribution in [1.82, 2.24) is 15.0 Å². The third-order valence-corrected chi connectivity index (χ3v) is 3.90. The number of piperidine rings is 1. The minimum Gasteiger partial charge on any atom is -0.345 e. The van der Waals surface area contributed by atoms with Crippen LogP contribution in [0.4, 0.5) is 13.2 Å². The van der Waals surface area contributed by atoms with Gasteiger partial charge in [0.2, 0.25) is 11.7 Å². The molecule has 1 aliphatic rings. The highest BCUT2D eigenvalue weighted by Gasteiger charge is 2.38. The van der Waals surface area contributed by atoms with Gasteiger partial charge in [-0.05, 0) is 18.4 Å². The lowest BCUT2D eigenvalue weighted by Gasteiger charge is -2.29. The van der Waals surface area contributed by atoms with Gasteiger partial charge in [0.1, 0.15) is 0 Å². The lowest BCUT2D eigenvalue weighted by Crippen LogP contribution is -2.36. The first-order valence-electron chi connectivity index (χ1n) is 7.12. The molecule has 122 valence electrons. The van der Waals surface area contributed by atoms with Gasteiger partial charge in [0.15, 0.2) is 0 Å². The van der Waals surface area contributed by atoms with Crippen LogP contribution in [-0.2, 0) is 11.0 Å². The van der Waals surface area contributed by atoms with Gasteiger partial charge in [-0.15, -0.1) is 0 Å². The van der Waals surface area contributed by atoms with E-state index >= 15 is 0 Å². The highest BCUT2D eigenvalue weighted by Crippen LogP contribution is 2.31. The fraction of sp³-hybridized carbons (Fsp3) is 0.400. The van der Waals surface area contributed by atoms with Crippen molar-refractivity contribution in [3.05, 3.63) is 35.7 Å². The lowest BCUT2D eigenvalue weighted by atomic mass is 9.89. The molecule has 8 heteroatoms. The zero-order valence-electron chi connectivity index (χ0n) is 12.3. The standard InChI is InChI=1S/C15H14F3N3O2/c1-21-8-2-3-11(13(21)22)9-4-6-10(7-5-9)12-19-14(23-20-12)15(16,17)18/h4-7,11H,2-3,8H2,1H3. The van der Waals surface area contributed by atoms with E-state index in [-0.39, 0.29) is 17.6 Å². The molecule has 0 spiro atoms. The van der Waals surface area contributed by atoms with E-state index in [1.165, 1.54) is 0 Å². The van der Waals surface area contributed by atoms with Gasteiger partial charge in [-0.2, -0.15) is 18.2 Å². The molecule has 0 aliphatic carbocycles. The van der Waals surface area contributed by atoms with Crippen molar-refractivity contribution in [1.29, 1.82) is 0 Å². The molecule has 23 heavy (non-hydrogen) atoms. The van der Waals surface area contributed by atoms with Gasteiger partial charge in [-0.1, -0.05) is 29.4 Å². The summed E-state index contributed by atoms with van der Waals surface area (Å²) in [6.45, 7) is 0.747. The molecule has 0 radical (unpaired) electrons. The lowest BCUT2D eigenvalue weighted by molar-refractivity contribution is -0.159. The minimum atomic E-state index is -4.66. The van der Waals surface area contributed by atoms with Crippen LogP contribution in [0.3, 0.4) is 0 Å². The van der Waals surface area contributed by atoms with Crippen molar-refractivity contribution in [2.24, 2.45) is 0 Å². The molecule has 2 aromatic rings. The third-order valence-electron chi connectivity index (χ3n) is 3.90. The molecule has 1 aromatic carbocycles. The number of carbonyl (C=O) groups excluding carboxylic acids is 1. The van der Waals surface area contributed by atoms with Gasteiger partial charge in [0.25, 0.3) is 0 Å². The molecule has 1 aliphatic heterocycles. The molecule has 0 saturated carbocycles. The number of benzene rings is 1. The van der Waals surface area contributed by atoms with Crippen molar-refractivity contribution in [3.8, 4) is 11.4 Å². The molecule has 1 aromatic heterocycles. The summed E-state index contributed by atoms with van der Waals surface area (Å²) in [7, 11) is 1.76. The summed E-state index contributed by atoms with van der Waals surface area (Å²) in [4.78, 5) is 17.2. The minimum absolute atomic E-state index is 0.0583. The van der Waals surface area contributed by atoms with Gasteiger partial charge in [0.05, 0.1) is 5.92 Å². The Morgan fingerprint density at radius 3 is 2.57 bits per heavy atom. The normalized spacial score (nSPS) is 19.2. The van der Waals surface area contributed by atoms with Crippen molar-refractivity contribution >= 4 is 5.91 Å². The van der Waals surface area contributed by atoms with E-state index in [0.29, 0.717) is 5.56 Å². The smallest absolute Gasteiger partial charge is 0.345 e. The average Bonchev–Trinajstić information content (AvgIpc) is 3.00. The van der Waals surface area contributed by atoms with E-state index in [4.69, 9.17) is 0 Å². The Kier molecular flexibility index (Phi) is 3.83. The van der Waals surface area contributed by atoms with Crippen molar-refractivity contribution in [3.63, 3.8) is 0 Å². The van der Waals surface area contributed by atoms with Crippen LogP contribution >= 0.6 is 0 Å². The predicted octanol–water partition coefficient (Wildman–Crippen LogP) is 3.09. The molecule has 1 unspecified atom stereocenters. The summed E-state index contributed by atoms with van der Waals surface area (Å²) < 4.78 is 41.6. The number of amides is 1. The van der Waals surface area contributed by atoms with Gasteiger partial charge >= 0.3 is 12.1 Å². The molecular formula is C15H14F3N3O2. The second-order valence-corrected chi connectivity index (χ2v) is 5.50. The Hall–Kier alpha value is -2.38. The largest absolute Gasteiger partial charge is 0.471 e. The second-order valence-electron chi connectivity index (χ2n) is 5.50. The molecular weight excluding hydrogens is 311 g/mol. The highest BCUT2D eigenvalue weighted by molar-refractivity contribution is 5.84. The molecule has 5 nitrogen and oxygen atoms in total. The fourth-order valence-corrected chi connectivity index (χ4v) is 2.66. The van der Waals surface area contributed by atoms with Crippen LogP contribution in [0.15, 0.2) is 28.8 Å². The third kappa shape index (κ3) is 3.06. The monoisotopic (exact) mass is 325 g/mol. The Morgan fingerprint density at radius 2 is 1.96 bits per heavy atom. The molecule has 1 fully saturated rings. The maximum absolute atomic E-state index is 12.5. The Labute approximate surface area is 130 Å². The summed E-state index contributed by atoms with van der Waals surface area (Å²) in [5.41, 5.74) is 1.24. The van der Waals surface area contributed by atoms with E-state index in [1.54, 1.807) is 36.2 Å². The first-order chi connectivity index (χ1) is 10.9. The van der Waals surface area contributed by atoms with Crippen LogP contribution in [0.2, 0.25) is 0 Å². The maximum Gasteiger partial charge on any atom is 0.471 e. The second kappa shape index (κ2) is 5.68. The van der Waals surface area contributed by atoms with E-state index in [2.05, 4.69) is 14.7 Å². The quantitative estimate of drug-likeness (QED) is 0.851. The van der Waals surface area contributed by atoms with E-state index in [1.807, 2.05) is 0 Å². The number of nitrogens with zero attached hydrogens (tertiary/aromatic N) is 3. The van der Waals surface area contributed by atoms with E-state index < -0.39 is 12.1 Å². The maximum atomic E-state index is 12.5. The average molecular weight is 325 g/mol. The van der Waals surface area contributed by atoms with Crippen molar-refractivity contribution in [2.45, 2.75) is 24.9 Å². The van der Waals surface area contributed by atoms with E-state index in [9.17, 15) is 18.0 Å². The number of rotatable bonds is 2. The summed E-state index contributed by atoms with van der Waals surface area (Å²) in [5, 5.41) is 3.34. The Morgan fingerprint density at radius 1 is 1.26 bits per heavy atom. The number of likely N-dealkylation sites (N-methyl/N-ethyl adjacent to an activating group) is 1. The zero-order valence-corrected chi connectivity index (χ0v) is 12.3. The highest BCUT2D eigenvalue weighted by atomic mass is 19.4. The van der Waals surface area contributed by atoms with Crippen LogP contribution in [0.25, 0.3) is 11.4 Å². The summed E-state index contributed by atoms with van der Waals surface area (Å²) in [6.07, 6.45) is -2.97. The molecule has 1 amide bonds. The molecule has 1 saturated heterocycles. The van der Waals surface area contributed by atoms with Gasteiger partial charge in [-0.25, -0.2) is 0 Å². The van der Waals surface area contributed by atoms with E-state index in [0.717, 1.165) is 24.9 Å². The summed E-state index contributed by atoms with van der Waals surface area (Å²) in [6, 6.07) is 6.64. The number of halogens is 3. The molecule has 2 heterocycles. The van der Waals surface area contributed by atoms with Crippen molar-refractivity contribution < 1.29 is 22.5 Å². The Balaban J connectivity index is 1.82. The van der Waals surface area contributed by atoms with Crippen molar-refractivity contribution in [2.75, 3.05) is 13.6 Å². The van der Waals surface area contributed by atoms with Crippen LogP contribution in [0, 0.1) is 0 Å². The molecule has 0 bridgehead atoms. The summed E-state index contributed by atoms with van der Waals surface area (Å²) >= 11 is 0. The number of aromatic nitrogens is 2. The number of hydrogen-bond donors (Lipinski definition) is 0. The van der Waals surface area contributed by atoms with Gasteiger partial charge in [-0.3, -0.25) is 4.79 Å². The van der Waals surface area contributed by atoms with Crippen LogP contribution < -0.4 is 0 Å². The predicted molar refractivity (Wildman–Crippen MR) is 74.3 cm³/mol. The fourth-order valence-electron chi connectivity index (χ4n) is 2.66. The van der Waals surface area contributed by atoms with Crippen LogP contribution in [0.1, 0.15) is 30.2 Å². The zero-order chi connectivity index (χ0) is 16.6. The van der Waals surface area contributed by atoms with Crippen LogP contribution in [-0.4, -0.2) is 34.5 Å². The first-order valence-corrected chi connectivity index (χ1v) is 7.12. The van der Waals surface area contributed by atoms with Crippen LogP contribution in [0.5, 0.6) is 0 Å². The number of likely N-dealkylation sites (tertiary alicyclic amines) is 1. The number of carbonyl (C=O) groups is 1. The SMILES string of the molecule is CN1CCCC(c2ccc(-c3noc(C(F)(F)F)n3)cc2)C1=O. The topological polar surface area (TPSA) is 59.2 Å².